The zero-order chi connectivity index (χ0) is 15.9. The molecule has 0 radical (unpaired) electrons. The molecule has 1 aromatic carbocycles. The molecule has 2 aliphatic heterocycles. The van der Waals surface area contributed by atoms with Gasteiger partial charge in [-0.3, -0.25) is 14.4 Å². The van der Waals surface area contributed by atoms with Crippen molar-refractivity contribution in [3.63, 3.8) is 0 Å². The Morgan fingerprint density at radius 1 is 1.09 bits per heavy atom. The number of primary amides is 1. The fraction of sp³-hybridized carbons (Fsp3) is 0.267. The molecular formula is C15H14N2O5. The highest BCUT2D eigenvalue weighted by Gasteiger charge is 2.53. The van der Waals surface area contributed by atoms with Crippen LogP contribution in [0.3, 0.4) is 0 Å². The Morgan fingerprint density at radius 3 is 2.36 bits per heavy atom. The summed E-state index contributed by atoms with van der Waals surface area (Å²) < 4.78 is 5.45. The van der Waals surface area contributed by atoms with Gasteiger partial charge in [0.05, 0.1) is 29.4 Å². The summed E-state index contributed by atoms with van der Waals surface area (Å²) in [7, 11) is 0. The topological polar surface area (TPSA) is 119 Å². The molecule has 4 atom stereocenters. The highest BCUT2D eigenvalue weighted by Crippen LogP contribution is 2.40. The molecule has 0 aromatic heterocycles. The molecule has 2 bridgehead atoms. The second-order valence-electron chi connectivity index (χ2n) is 5.24. The maximum Gasteiger partial charge on any atom is 0.310 e. The fourth-order valence-electron chi connectivity index (χ4n) is 2.94. The van der Waals surface area contributed by atoms with Crippen molar-refractivity contribution in [1.29, 1.82) is 0 Å². The van der Waals surface area contributed by atoms with Gasteiger partial charge in [-0.1, -0.05) is 24.3 Å². The van der Waals surface area contributed by atoms with Crippen molar-refractivity contribution in [3.8, 4) is 0 Å². The largest absolute Gasteiger partial charge is 0.481 e. The van der Waals surface area contributed by atoms with Gasteiger partial charge in [0, 0.05) is 0 Å². The number of aliphatic carboxylic acids is 1. The lowest BCUT2D eigenvalue weighted by Crippen LogP contribution is -2.39. The molecule has 3 rings (SSSR count). The molecule has 7 heteroatoms. The number of anilines is 1. The number of rotatable bonds is 4. The van der Waals surface area contributed by atoms with E-state index in [4.69, 9.17) is 10.5 Å². The van der Waals surface area contributed by atoms with Gasteiger partial charge in [-0.25, -0.2) is 0 Å². The lowest BCUT2D eigenvalue weighted by atomic mass is 9.82. The first kappa shape index (κ1) is 14.3. The van der Waals surface area contributed by atoms with Crippen LogP contribution in [-0.2, 0) is 14.3 Å². The number of hydrogen-bond acceptors (Lipinski definition) is 4. The van der Waals surface area contributed by atoms with Crippen molar-refractivity contribution in [1.82, 2.24) is 0 Å². The van der Waals surface area contributed by atoms with Gasteiger partial charge in [0.25, 0.3) is 5.91 Å². The molecule has 1 fully saturated rings. The predicted molar refractivity (Wildman–Crippen MR) is 76.0 cm³/mol. The van der Waals surface area contributed by atoms with Gasteiger partial charge in [0.1, 0.15) is 5.92 Å². The maximum atomic E-state index is 12.5. The van der Waals surface area contributed by atoms with E-state index in [1.54, 1.807) is 24.3 Å². The summed E-state index contributed by atoms with van der Waals surface area (Å²) >= 11 is 0. The van der Waals surface area contributed by atoms with E-state index >= 15 is 0 Å². The van der Waals surface area contributed by atoms with Crippen molar-refractivity contribution in [2.75, 3.05) is 5.32 Å². The van der Waals surface area contributed by atoms with Gasteiger partial charge in [-0.2, -0.15) is 0 Å². The Morgan fingerprint density at radius 2 is 1.73 bits per heavy atom. The van der Waals surface area contributed by atoms with Crippen LogP contribution in [0.2, 0.25) is 0 Å². The number of carboxylic acid groups (broad SMARTS) is 1. The average Bonchev–Trinajstić information content (AvgIpc) is 3.08. The van der Waals surface area contributed by atoms with Gasteiger partial charge in [-0.05, 0) is 12.1 Å². The highest BCUT2D eigenvalue weighted by molar-refractivity contribution is 6.04. The van der Waals surface area contributed by atoms with Gasteiger partial charge in [0.15, 0.2) is 0 Å². The molecular weight excluding hydrogens is 288 g/mol. The number of carbonyl (C=O) groups excluding carboxylic acids is 2. The Balaban J connectivity index is 1.85. The Hall–Kier alpha value is -2.67. The minimum atomic E-state index is -1.08. The summed E-state index contributed by atoms with van der Waals surface area (Å²) in [5.74, 6) is -4.03. The SMILES string of the molecule is NC(=O)c1ccccc1NC(=O)C1C2C=CC(O2)C1C(=O)O. The van der Waals surface area contributed by atoms with Crippen LogP contribution in [0.5, 0.6) is 0 Å². The summed E-state index contributed by atoms with van der Waals surface area (Å²) in [6.07, 6.45) is 2.19. The number of ether oxygens (including phenoxy) is 1. The van der Waals surface area contributed by atoms with E-state index in [0.717, 1.165) is 0 Å². The third-order valence-corrected chi connectivity index (χ3v) is 3.94. The van der Waals surface area contributed by atoms with Gasteiger partial charge >= 0.3 is 5.97 Å². The van der Waals surface area contributed by atoms with E-state index in [1.807, 2.05) is 0 Å². The lowest BCUT2D eigenvalue weighted by molar-refractivity contribution is -0.145. The van der Waals surface area contributed by atoms with Crippen molar-refractivity contribution in [3.05, 3.63) is 42.0 Å². The van der Waals surface area contributed by atoms with E-state index < -0.39 is 41.8 Å². The number of fused-ring (bicyclic) bond motifs is 2. The first-order chi connectivity index (χ1) is 10.5. The van der Waals surface area contributed by atoms with Crippen LogP contribution in [0.4, 0.5) is 5.69 Å². The summed E-state index contributed by atoms with van der Waals surface area (Å²) in [4.78, 5) is 35.2. The van der Waals surface area contributed by atoms with Crippen molar-refractivity contribution >= 4 is 23.5 Å². The number of hydrogen-bond donors (Lipinski definition) is 3. The monoisotopic (exact) mass is 302 g/mol. The number of amides is 2. The van der Waals surface area contributed by atoms with Gasteiger partial charge < -0.3 is 20.9 Å². The van der Waals surface area contributed by atoms with Crippen molar-refractivity contribution < 1.29 is 24.2 Å². The third-order valence-electron chi connectivity index (χ3n) is 3.94. The molecule has 2 amide bonds. The van der Waals surface area contributed by atoms with Gasteiger partial charge in [0.2, 0.25) is 5.91 Å². The molecule has 1 saturated heterocycles. The third kappa shape index (κ3) is 2.25. The van der Waals surface area contributed by atoms with Crippen LogP contribution < -0.4 is 11.1 Å². The molecule has 22 heavy (non-hydrogen) atoms. The fourth-order valence-corrected chi connectivity index (χ4v) is 2.94. The average molecular weight is 302 g/mol. The minimum absolute atomic E-state index is 0.169. The second kappa shape index (κ2) is 5.27. The first-order valence-electron chi connectivity index (χ1n) is 6.75. The highest BCUT2D eigenvalue weighted by atomic mass is 16.5. The van der Waals surface area contributed by atoms with E-state index in [0.29, 0.717) is 0 Å². The van der Waals surface area contributed by atoms with Crippen LogP contribution >= 0.6 is 0 Å². The predicted octanol–water partition coefficient (Wildman–Crippen LogP) is 0.378. The molecule has 2 heterocycles. The van der Waals surface area contributed by atoms with E-state index in [9.17, 15) is 19.5 Å². The van der Waals surface area contributed by atoms with Crippen LogP contribution in [0, 0.1) is 11.8 Å². The molecule has 0 aliphatic carbocycles. The number of nitrogens with one attached hydrogen (secondary N) is 1. The van der Waals surface area contributed by atoms with Crippen LogP contribution in [0.25, 0.3) is 0 Å². The quantitative estimate of drug-likeness (QED) is 0.695. The maximum absolute atomic E-state index is 12.5. The zero-order valence-corrected chi connectivity index (χ0v) is 11.4. The number of benzene rings is 1. The summed E-state index contributed by atoms with van der Waals surface area (Å²) in [6.45, 7) is 0. The van der Waals surface area contributed by atoms with E-state index in [-0.39, 0.29) is 11.3 Å². The smallest absolute Gasteiger partial charge is 0.310 e. The standard InChI is InChI=1S/C15H14N2O5/c16-13(18)7-3-1-2-4-8(7)17-14(19)11-9-5-6-10(22-9)12(11)15(20)21/h1-6,9-12H,(H2,16,18)(H,17,19)(H,20,21). The summed E-state index contributed by atoms with van der Waals surface area (Å²) in [5.41, 5.74) is 5.69. The Bertz CT molecular complexity index is 684. The van der Waals surface area contributed by atoms with E-state index in [1.165, 1.54) is 12.1 Å². The molecule has 114 valence electrons. The Labute approximate surface area is 125 Å². The molecule has 0 spiro atoms. The molecule has 7 nitrogen and oxygen atoms in total. The van der Waals surface area contributed by atoms with Gasteiger partial charge in [-0.15, -0.1) is 0 Å². The normalized spacial score (nSPS) is 28.5. The number of carbonyl (C=O) groups is 3. The molecule has 1 aromatic rings. The van der Waals surface area contributed by atoms with Crippen molar-refractivity contribution in [2.24, 2.45) is 17.6 Å². The number of para-hydroxylation sites is 1. The van der Waals surface area contributed by atoms with Crippen LogP contribution in [0.15, 0.2) is 36.4 Å². The zero-order valence-electron chi connectivity index (χ0n) is 11.4. The molecule has 4 unspecified atom stereocenters. The molecule has 2 aliphatic rings. The van der Waals surface area contributed by atoms with Crippen LogP contribution in [-0.4, -0.2) is 35.1 Å². The number of nitrogens with two attached hydrogens (primary N) is 1. The minimum Gasteiger partial charge on any atom is -0.481 e. The van der Waals surface area contributed by atoms with E-state index in [2.05, 4.69) is 5.32 Å². The van der Waals surface area contributed by atoms with Crippen molar-refractivity contribution in [2.45, 2.75) is 12.2 Å². The first-order valence-corrected chi connectivity index (χ1v) is 6.75. The molecule has 4 N–H and O–H groups in total. The molecule has 0 saturated carbocycles. The summed E-state index contributed by atoms with van der Waals surface area (Å²) in [6, 6.07) is 6.30. The van der Waals surface area contributed by atoms with Crippen LogP contribution in [0.1, 0.15) is 10.4 Å². The lowest BCUT2D eigenvalue weighted by Gasteiger charge is -2.21. The Kier molecular flexibility index (Phi) is 3.42. The second-order valence-corrected chi connectivity index (χ2v) is 5.24. The summed E-state index contributed by atoms with van der Waals surface area (Å²) in [5, 5.41) is 11.9. The number of carboxylic acids is 1.